The third-order valence-electron chi connectivity index (χ3n) is 3.75. The fourth-order valence-electron chi connectivity index (χ4n) is 2.66. The van der Waals surface area contributed by atoms with Crippen molar-refractivity contribution in [3.8, 4) is 0 Å². The Morgan fingerprint density at radius 2 is 2.22 bits per heavy atom. The van der Waals surface area contributed by atoms with Gasteiger partial charge in [0.05, 0.1) is 26.4 Å². The van der Waals surface area contributed by atoms with Gasteiger partial charge >= 0.3 is 5.97 Å². The molecule has 0 spiro atoms. The monoisotopic (exact) mass is 257 g/mol. The highest BCUT2D eigenvalue weighted by molar-refractivity contribution is 5.81. The minimum absolute atomic E-state index is 0.141. The highest BCUT2D eigenvalue weighted by Gasteiger charge is 2.47. The average Bonchev–Trinajstić information content (AvgIpc) is 2.75. The van der Waals surface area contributed by atoms with Crippen LogP contribution in [0.1, 0.15) is 32.6 Å². The number of carbonyl (C=O) groups is 1. The normalized spacial score (nSPS) is 32.2. The summed E-state index contributed by atoms with van der Waals surface area (Å²) < 4.78 is 15.9. The third kappa shape index (κ3) is 2.84. The zero-order valence-corrected chi connectivity index (χ0v) is 11.2. The highest BCUT2D eigenvalue weighted by Crippen LogP contribution is 2.34. The van der Waals surface area contributed by atoms with E-state index < -0.39 is 5.54 Å². The Kier molecular flexibility index (Phi) is 4.59. The number of hydrogen-bond donors (Lipinski definition) is 1. The van der Waals surface area contributed by atoms with Gasteiger partial charge in [0.15, 0.2) is 0 Å². The van der Waals surface area contributed by atoms with Gasteiger partial charge in [-0.15, -0.1) is 0 Å². The van der Waals surface area contributed by atoms with Crippen molar-refractivity contribution < 1.29 is 19.0 Å². The first-order chi connectivity index (χ1) is 8.70. The summed E-state index contributed by atoms with van der Waals surface area (Å²) in [5.41, 5.74) is -0.542. The average molecular weight is 257 g/mol. The first kappa shape index (κ1) is 13.8. The smallest absolute Gasteiger partial charge is 0.326 e. The number of methoxy groups -OCH3 is 1. The summed E-state index contributed by atoms with van der Waals surface area (Å²) in [5, 5.41) is 3.35. The van der Waals surface area contributed by atoms with Gasteiger partial charge in [-0.25, -0.2) is 0 Å². The Labute approximate surface area is 108 Å². The summed E-state index contributed by atoms with van der Waals surface area (Å²) in [6.45, 7) is 4.29. The summed E-state index contributed by atoms with van der Waals surface area (Å²) >= 11 is 0. The predicted molar refractivity (Wildman–Crippen MR) is 66.4 cm³/mol. The van der Waals surface area contributed by atoms with Crippen molar-refractivity contribution in [1.29, 1.82) is 0 Å². The minimum atomic E-state index is -0.542. The molecule has 2 atom stereocenters. The molecule has 2 aliphatic rings. The first-order valence-corrected chi connectivity index (χ1v) is 6.77. The van der Waals surface area contributed by atoms with Crippen LogP contribution in [0.25, 0.3) is 0 Å². The van der Waals surface area contributed by atoms with Crippen LogP contribution in [0.5, 0.6) is 0 Å². The molecule has 0 radical (unpaired) electrons. The molecule has 1 saturated heterocycles. The lowest BCUT2D eigenvalue weighted by Gasteiger charge is -2.31. The first-order valence-electron chi connectivity index (χ1n) is 6.77. The van der Waals surface area contributed by atoms with Crippen LogP contribution >= 0.6 is 0 Å². The molecule has 0 aromatic rings. The molecule has 5 nitrogen and oxygen atoms in total. The Morgan fingerprint density at radius 3 is 2.78 bits per heavy atom. The number of ether oxygens (including phenoxy) is 3. The molecule has 0 amide bonds. The van der Waals surface area contributed by atoms with E-state index in [1.165, 1.54) is 7.11 Å². The largest absolute Gasteiger partial charge is 0.468 e. The van der Waals surface area contributed by atoms with Gasteiger partial charge in [0.2, 0.25) is 0 Å². The lowest BCUT2D eigenvalue weighted by Crippen LogP contribution is -2.51. The fraction of sp³-hybridized carbons (Fsp3) is 0.923. The van der Waals surface area contributed by atoms with E-state index in [2.05, 4.69) is 12.2 Å². The molecule has 5 heteroatoms. The zero-order valence-electron chi connectivity index (χ0n) is 11.2. The highest BCUT2D eigenvalue weighted by atomic mass is 16.6. The molecular weight excluding hydrogens is 234 g/mol. The van der Waals surface area contributed by atoms with Gasteiger partial charge < -0.3 is 19.5 Å². The van der Waals surface area contributed by atoms with Gasteiger partial charge in [-0.2, -0.15) is 0 Å². The van der Waals surface area contributed by atoms with Crippen LogP contribution in [0.2, 0.25) is 0 Å². The maximum Gasteiger partial charge on any atom is 0.326 e. The Balaban J connectivity index is 1.91. The molecule has 2 fully saturated rings. The van der Waals surface area contributed by atoms with Crippen molar-refractivity contribution in [2.75, 3.05) is 26.9 Å². The van der Waals surface area contributed by atoms with E-state index in [-0.39, 0.29) is 18.2 Å². The van der Waals surface area contributed by atoms with Crippen molar-refractivity contribution >= 4 is 5.97 Å². The minimum Gasteiger partial charge on any atom is -0.468 e. The molecule has 0 bridgehead atoms. The van der Waals surface area contributed by atoms with Crippen LogP contribution in [0.3, 0.4) is 0 Å². The number of rotatable bonds is 6. The lowest BCUT2D eigenvalue weighted by molar-refractivity contribution is -0.158. The van der Waals surface area contributed by atoms with E-state index >= 15 is 0 Å². The Morgan fingerprint density at radius 1 is 1.44 bits per heavy atom. The van der Waals surface area contributed by atoms with Crippen LogP contribution in [0.4, 0.5) is 0 Å². The van der Waals surface area contributed by atoms with Crippen molar-refractivity contribution in [1.82, 2.24) is 5.32 Å². The van der Waals surface area contributed by atoms with Crippen LogP contribution < -0.4 is 5.32 Å². The van der Waals surface area contributed by atoms with E-state index in [4.69, 9.17) is 14.2 Å². The van der Waals surface area contributed by atoms with Gasteiger partial charge in [0.1, 0.15) is 11.6 Å². The third-order valence-corrected chi connectivity index (χ3v) is 3.75. The second kappa shape index (κ2) is 5.99. The van der Waals surface area contributed by atoms with Gasteiger partial charge in [-0.05, 0) is 25.8 Å². The maximum absolute atomic E-state index is 12.0. The SMILES string of the molecule is CCCNC1(C(=O)OC)CCC(OC2COC2)C1. The number of hydrogen-bond acceptors (Lipinski definition) is 5. The molecular formula is C13H23NO4. The van der Waals surface area contributed by atoms with E-state index in [1.54, 1.807) is 0 Å². The number of carbonyl (C=O) groups excluding carboxylic acids is 1. The molecule has 1 N–H and O–H groups in total. The van der Waals surface area contributed by atoms with Crippen LogP contribution in [-0.4, -0.2) is 50.6 Å². The lowest BCUT2D eigenvalue weighted by atomic mass is 9.97. The van der Waals surface area contributed by atoms with Crippen LogP contribution in [0, 0.1) is 0 Å². The molecule has 104 valence electrons. The molecule has 1 heterocycles. The number of nitrogens with one attached hydrogen (secondary N) is 1. The van der Waals surface area contributed by atoms with Crippen LogP contribution in [-0.2, 0) is 19.0 Å². The van der Waals surface area contributed by atoms with Gasteiger partial charge in [-0.3, -0.25) is 4.79 Å². The molecule has 0 aromatic heterocycles. The van der Waals surface area contributed by atoms with Gasteiger partial charge in [-0.1, -0.05) is 6.92 Å². The summed E-state index contributed by atoms with van der Waals surface area (Å²) in [7, 11) is 1.45. The molecule has 1 saturated carbocycles. The fourth-order valence-corrected chi connectivity index (χ4v) is 2.66. The van der Waals surface area contributed by atoms with E-state index in [0.29, 0.717) is 19.6 Å². The molecule has 0 aromatic carbocycles. The second-order valence-electron chi connectivity index (χ2n) is 5.16. The van der Waals surface area contributed by atoms with Gasteiger partial charge in [0.25, 0.3) is 0 Å². The zero-order chi connectivity index (χ0) is 13.0. The topological polar surface area (TPSA) is 56.8 Å². The molecule has 1 aliphatic carbocycles. The standard InChI is InChI=1S/C13H23NO4/c1-3-6-14-13(12(15)16-2)5-4-10(7-13)18-11-8-17-9-11/h10-11,14H,3-9H2,1-2H3. The summed E-state index contributed by atoms with van der Waals surface area (Å²) in [6.07, 6.45) is 3.76. The van der Waals surface area contributed by atoms with Crippen molar-refractivity contribution in [2.45, 2.75) is 50.4 Å². The summed E-state index contributed by atoms with van der Waals surface area (Å²) in [6, 6.07) is 0. The van der Waals surface area contributed by atoms with E-state index in [9.17, 15) is 4.79 Å². The Bertz CT molecular complexity index is 293. The summed E-state index contributed by atoms with van der Waals surface area (Å²) in [4.78, 5) is 12.0. The van der Waals surface area contributed by atoms with Crippen molar-refractivity contribution in [2.24, 2.45) is 0 Å². The Hall–Kier alpha value is -0.650. The predicted octanol–water partition coefficient (Wildman–Crippen LogP) is 0.866. The number of esters is 1. The second-order valence-corrected chi connectivity index (χ2v) is 5.16. The van der Waals surface area contributed by atoms with Gasteiger partial charge in [0, 0.05) is 6.42 Å². The molecule has 18 heavy (non-hydrogen) atoms. The quantitative estimate of drug-likeness (QED) is 0.715. The van der Waals surface area contributed by atoms with Crippen molar-refractivity contribution in [3.63, 3.8) is 0 Å². The van der Waals surface area contributed by atoms with E-state index in [1.807, 2.05) is 0 Å². The van der Waals surface area contributed by atoms with Crippen molar-refractivity contribution in [3.05, 3.63) is 0 Å². The molecule has 2 rings (SSSR count). The maximum atomic E-state index is 12.0. The van der Waals surface area contributed by atoms with Crippen LogP contribution in [0.15, 0.2) is 0 Å². The van der Waals surface area contributed by atoms with E-state index in [0.717, 1.165) is 25.8 Å². The summed E-state index contributed by atoms with van der Waals surface area (Å²) in [5.74, 6) is -0.160. The molecule has 1 aliphatic heterocycles. The molecule has 2 unspecified atom stereocenters.